The molecule has 0 aliphatic rings. The highest BCUT2D eigenvalue weighted by atomic mass is 16.1. The number of rotatable bonds is 3. The summed E-state index contributed by atoms with van der Waals surface area (Å²) < 4.78 is 0. The Morgan fingerprint density at radius 3 is 2.00 bits per heavy atom. The van der Waals surface area contributed by atoms with E-state index in [-0.39, 0.29) is 18.2 Å². The molecule has 0 unspecified atom stereocenters. The van der Waals surface area contributed by atoms with Crippen molar-refractivity contribution in [2.75, 3.05) is 0 Å². The Kier molecular flexibility index (Phi) is 10.2. The third-order valence-electron chi connectivity index (χ3n) is 0.651. The molecule has 0 atom stereocenters. The predicted molar refractivity (Wildman–Crippen MR) is 48.0 cm³/mol. The summed E-state index contributed by atoms with van der Waals surface area (Å²) in [6, 6.07) is 0. The molecule has 68 valence electrons. The molecular weight excluding hydrogens is 156 g/mol. The molecule has 0 aliphatic heterocycles. The lowest BCUT2D eigenvalue weighted by Gasteiger charge is -1.83. The molecule has 3 N–H and O–H groups in total. The van der Waals surface area contributed by atoms with Gasteiger partial charge in [0.05, 0.1) is 0 Å². The minimum Gasteiger partial charge on any atom is -0.369 e. The quantitative estimate of drug-likeness (QED) is 0.598. The summed E-state index contributed by atoms with van der Waals surface area (Å²) in [7, 11) is 0. The molecule has 0 rings (SSSR count). The van der Waals surface area contributed by atoms with E-state index >= 15 is 0 Å². The van der Waals surface area contributed by atoms with Crippen LogP contribution in [0.15, 0.2) is 25.4 Å². The summed E-state index contributed by atoms with van der Waals surface area (Å²) >= 11 is 0. The van der Waals surface area contributed by atoms with E-state index in [2.05, 4.69) is 18.5 Å². The molecule has 4 nitrogen and oxygen atoms in total. The van der Waals surface area contributed by atoms with Crippen LogP contribution in [0.3, 0.4) is 0 Å². The zero-order valence-corrected chi connectivity index (χ0v) is 7.17. The standard InChI is InChI=1S/2C4H7NO/c1-3-5-4(2)6;1-2-3-4(5)6/h3H,1H2,2H3,(H,5,6);2H,1,3H2,(H2,5,6). The topological polar surface area (TPSA) is 72.2 Å². The molecule has 0 radical (unpaired) electrons. The van der Waals surface area contributed by atoms with Gasteiger partial charge in [-0.1, -0.05) is 12.7 Å². The predicted octanol–water partition coefficient (Wildman–Crippen LogP) is 0.314. The second-order valence-electron chi connectivity index (χ2n) is 1.86. The Labute approximate surface area is 72.1 Å². The van der Waals surface area contributed by atoms with Gasteiger partial charge in [0.2, 0.25) is 11.8 Å². The molecule has 4 heteroatoms. The summed E-state index contributed by atoms with van der Waals surface area (Å²) in [6.07, 6.45) is 3.10. The van der Waals surface area contributed by atoms with Crippen molar-refractivity contribution >= 4 is 11.8 Å². The highest BCUT2D eigenvalue weighted by Crippen LogP contribution is 1.71. The van der Waals surface area contributed by atoms with Crippen molar-refractivity contribution in [1.82, 2.24) is 5.32 Å². The van der Waals surface area contributed by atoms with Gasteiger partial charge in [0.25, 0.3) is 0 Å². The first kappa shape index (κ1) is 13.0. The number of carbonyl (C=O) groups is 2. The van der Waals surface area contributed by atoms with Crippen LogP contribution < -0.4 is 11.1 Å². The van der Waals surface area contributed by atoms with Crippen molar-refractivity contribution in [2.45, 2.75) is 13.3 Å². The lowest BCUT2D eigenvalue weighted by atomic mass is 10.4. The Balaban J connectivity index is 0. The molecule has 0 saturated carbocycles. The largest absolute Gasteiger partial charge is 0.369 e. The Bertz CT molecular complexity index is 156. The minimum absolute atomic E-state index is 0.0787. The first-order chi connectivity index (χ1) is 5.54. The van der Waals surface area contributed by atoms with Crippen molar-refractivity contribution in [3.8, 4) is 0 Å². The third-order valence-corrected chi connectivity index (χ3v) is 0.651. The molecule has 0 aromatic rings. The Morgan fingerprint density at radius 1 is 1.50 bits per heavy atom. The van der Waals surface area contributed by atoms with Crippen molar-refractivity contribution in [2.24, 2.45) is 5.73 Å². The number of carbonyl (C=O) groups excluding carboxylic acids is 2. The number of hydrogen-bond donors (Lipinski definition) is 2. The molecule has 0 aromatic carbocycles. The summed E-state index contributed by atoms with van der Waals surface area (Å²) in [5, 5.41) is 2.33. The Morgan fingerprint density at radius 2 is 2.00 bits per heavy atom. The molecule has 12 heavy (non-hydrogen) atoms. The van der Waals surface area contributed by atoms with Crippen LogP contribution >= 0.6 is 0 Å². The van der Waals surface area contributed by atoms with E-state index in [0.717, 1.165) is 0 Å². The van der Waals surface area contributed by atoms with Crippen LogP contribution in [0.1, 0.15) is 13.3 Å². The normalized spacial score (nSPS) is 7.08. The number of amides is 2. The lowest BCUT2D eigenvalue weighted by molar-refractivity contribution is -0.118. The fourth-order valence-corrected chi connectivity index (χ4v) is 0.286. The first-order valence-electron chi connectivity index (χ1n) is 3.31. The van der Waals surface area contributed by atoms with Crippen molar-refractivity contribution < 1.29 is 9.59 Å². The highest BCUT2D eigenvalue weighted by Gasteiger charge is 1.80. The van der Waals surface area contributed by atoms with E-state index in [4.69, 9.17) is 5.73 Å². The lowest BCUT2D eigenvalue weighted by Crippen LogP contribution is -2.10. The van der Waals surface area contributed by atoms with Crippen LogP contribution in [0, 0.1) is 0 Å². The van der Waals surface area contributed by atoms with Gasteiger partial charge in [-0.25, -0.2) is 0 Å². The fourth-order valence-electron chi connectivity index (χ4n) is 0.286. The monoisotopic (exact) mass is 170 g/mol. The molecule has 0 saturated heterocycles. The van der Waals surface area contributed by atoms with Crippen LogP contribution in [-0.2, 0) is 9.59 Å². The van der Waals surface area contributed by atoms with Crippen LogP contribution in [0.25, 0.3) is 0 Å². The van der Waals surface area contributed by atoms with E-state index in [1.54, 1.807) is 0 Å². The summed E-state index contributed by atoms with van der Waals surface area (Å²) in [4.78, 5) is 19.6. The van der Waals surface area contributed by atoms with Crippen LogP contribution in [-0.4, -0.2) is 11.8 Å². The van der Waals surface area contributed by atoms with Gasteiger partial charge in [0.1, 0.15) is 0 Å². The van der Waals surface area contributed by atoms with Gasteiger partial charge < -0.3 is 11.1 Å². The van der Waals surface area contributed by atoms with E-state index in [1.807, 2.05) is 0 Å². The SMILES string of the molecule is C=CCC(N)=O.C=CNC(C)=O. The zero-order chi connectivity index (χ0) is 9.98. The number of nitrogens with two attached hydrogens (primary N) is 1. The van der Waals surface area contributed by atoms with E-state index < -0.39 is 0 Å². The number of primary amides is 1. The molecule has 0 heterocycles. The zero-order valence-electron chi connectivity index (χ0n) is 7.17. The first-order valence-corrected chi connectivity index (χ1v) is 3.31. The average molecular weight is 170 g/mol. The third kappa shape index (κ3) is 23.7. The van der Waals surface area contributed by atoms with Crippen molar-refractivity contribution in [3.63, 3.8) is 0 Å². The summed E-state index contributed by atoms with van der Waals surface area (Å²) in [6.45, 7) is 8.00. The molecule has 0 fully saturated rings. The van der Waals surface area contributed by atoms with Gasteiger partial charge in [-0.3, -0.25) is 9.59 Å². The van der Waals surface area contributed by atoms with Gasteiger partial charge in [-0.05, 0) is 6.20 Å². The maximum Gasteiger partial charge on any atom is 0.221 e. The van der Waals surface area contributed by atoms with Crippen molar-refractivity contribution in [3.05, 3.63) is 25.4 Å². The molecule has 0 aliphatic carbocycles. The fraction of sp³-hybridized carbons (Fsp3) is 0.250. The van der Waals surface area contributed by atoms with E-state index in [1.165, 1.54) is 19.2 Å². The van der Waals surface area contributed by atoms with Crippen molar-refractivity contribution in [1.29, 1.82) is 0 Å². The maximum atomic E-state index is 9.86. The van der Waals surface area contributed by atoms with Crippen LogP contribution in [0.2, 0.25) is 0 Å². The van der Waals surface area contributed by atoms with E-state index in [0.29, 0.717) is 0 Å². The van der Waals surface area contributed by atoms with Gasteiger partial charge in [0, 0.05) is 13.3 Å². The molecule has 0 bridgehead atoms. The molecule has 0 aromatic heterocycles. The van der Waals surface area contributed by atoms with Gasteiger partial charge in [-0.2, -0.15) is 0 Å². The smallest absolute Gasteiger partial charge is 0.221 e. The van der Waals surface area contributed by atoms with Crippen LogP contribution in [0.4, 0.5) is 0 Å². The average Bonchev–Trinajstić information content (AvgIpc) is 1.87. The summed E-state index contributed by atoms with van der Waals surface area (Å²) in [5.41, 5.74) is 4.69. The van der Waals surface area contributed by atoms with Gasteiger partial charge >= 0.3 is 0 Å². The number of hydrogen-bond acceptors (Lipinski definition) is 2. The molecular formula is C8H14N2O2. The number of nitrogens with one attached hydrogen (secondary N) is 1. The van der Waals surface area contributed by atoms with Gasteiger partial charge in [-0.15, -0.1) is 6.58 Å². The highest BCUT2D eigenvalue weighted by molar-refractivity contribution is 5.75. The second kappa shape index (κ2) is 9.42. The second-order valence-corrected chi connectivity index (χ2v) is 1.86. The maximum absolute atomic E-state index is 9.86. The van der Waals surface area contributed by atoms with Crippen LogP contribution in [0.5, 0.6) is 0 Å². The Hall–Kier alpha value is -1.58. The minimum atomic E-state index is -0.329. The van der Waals surface area contributed by atoms with Gasteiger partial charge in [0.15, 0.2) is 0 Å². The molecule has 2 amide bonds. The van der Waals surface area contributed by atoms with E-state index in [9.17, 15) is 9.59 Å². The summed E-state index contributed by atoms with van der Waals surface area (Å²) in [5.74, 6) is -0.407. The molecule has 0 spiro atoms.